The fourth-order valence-electron chi connectivity index (χ4n) is 2.71. The molecule has 0 spiro atoms. The standard InChI is InChI=1S/C15H17NO3S/c17-14(16-7-12(8-16)15(18)19)9-20-13-5-4-10-2-1-3-11(10)6-13/h4-6,12H,1-3,7-9H2,(H,18,19). The maximum Gasteiger partial charge on any atom is 0.310 e. The first-order chi connectivity index (χ1) is 9.63. The van der Waals surface area contributed by atoms with Gasteiger partial charge in [-0.15, -0.1) is 11.8 Å². The van der Waals surface area contributed by atoms with E-state index in [-0.39, 0.29) is 11.8 Å². The van der Waals surface area contributed by atoms with Gasteiger partial charge in [0.25, 0.3) is 0 Å². The van der Waals surface area contributed by atoms with E-state index >= 15 is 0 Å². The Morgan fingerprint density at radius 3 is 2.75 bits per heavy atom. The number of likely N-dealkylation sites (tertiary alicyclic amines) is 1. The van der Waals surface area contributed by atoms with Crippen LogP contribution < -0.4 is 0 Å². The molecule has 1 N–H and O–H groups in total. The molecule has 1 aromatic rings. The van der Waals surface area contributed by atoms with E-state index in [2.05, 4.69) is 18.2 Å². The van der Waals surface area contributed by atoms with Crippen molar-refractivity contribution in [2.45, 2.75) is 24.2 Å². The van der Waals surface area contributed by atoms with Gasteiger partial charge in [-0.2, -0.15) is 0 Å². The van der Waals surface area contributed by atoms with E-state index in [1.807, 2.05) is 0 Å². The summed E-state index contributed by atoms with van der Waals surface area (Å²) >= 11 is 1.54. The lowest BCUT2D eigenvalue weighted by atomic mass is 10.0. The molecule has 4 nitrogen and oxygen atoms in total. The summed E-state index contributed by atoms with van der Waals surface area (Å²) in [5, 5.41) is 8.79. The Morgan fingerprint density at radius 1 is 1.25 bits per heavy atom. The number of carboxylic acid groups (broad SMARTS) is 1. The van der Waals surface area contributed by atoms with Gasteiger partial charge in [-0.3, -0.25) is 9.59 Å². The summed E-state index contributed by atoms with van der Waals surface area (Å²) in [6.07, 6.45) is 3.54. The van der Waals surface area contributed by atoms with Crippen LogP contribution in [0, 0.1) is 5.92 Å². The number of thioether (sulfide) groups is 1. The van der Waals surface area contributed by atoms with Crippen molar-refractivity contribution in [3.63, 3.8) is 0 Å². The molecule has 5 heteroatoms. The number of hydrogen-bond donors (Lipinski definition) is 1. The molecule has 0 aromatic heterocycles. The molecule has 1 saturated heterocycles. The Balaban J connectivity index is 1.50. The van der Waals surface area contributed by atoms with Crippen LogP contribution in [-0.4, -0.2) is 40.7 Å². The highest BCUT2D eigenvalue weighted by Gasteiger charge is 2.35. The predicted octanol–water partition coefficient (Wildman–Crippen LogP) is 1.81. The van der Waals surface area contributed by atoms with E-state index in [4.69, 9.17) is 5.11 Å². The first kappa shape index (κ1) is 13.5. The summed E-state index contributed by atoms with van der Waals surface area (Å²) in [6.45, 7) is 0.720. The maximum atomic E-state index is 11.9. The molecule has 0 saturated carbocycles. The van der Waals surface area contributed by atoms with Crippen molar-refractivity contribution in [1.82, 2.24) is 4.90 Å². The van der Waals surface area contributed by atoms with Gasteiger partial charge in [-0.05, 0) is 42.5 Å². The van der Waals surface area contributed by atoms with Crippen molar-refractivity contribution in [2.24, 2.45) is 5.92 Å². The van der Waals surface area contributed by atoms with Crippen molar-refractivity contribution in [1.29, 1.82) is 0 Å². The number of hydrogen-bond acceptors (Lipinski definition) is 3. The Kier molecular flexibility index (Phi) is 3.70. The lowest BCUT2D eigenvalue weighted by Crippen LogP contribution is -2.53. The third kappa shape index (κ3) is 2.68. The first-order valence-corrected chi connectivity index (χ1v) is 7.87. The zero-order chi connectivity index (χ0) is 14.1. The first-order valence-electron chi connectivity index (χ1n) is 6.88. The summed E-state index contributed by atoms with van der Waals surface area (Å²) in [7, 11) is 0. The number of nitrogens with zero attached hydrogens (tertiary/aromatic N) is 1. The van der Waals surface area contributed by atoms with Gasteiger partial charge in [0.05, 0.1) is 11.7 Å². The summed E-state index contributed by atoms with van der Waals surface area (Å²) < 4.78 is 0. The van der Waals surface area contributed by atoms with Crippen molar-refractivity contribution in [2.75, 3.05) is 18.8 Å². The van der Waals surface area contributed by atoms with Crippen LogP contribution in [0.1, 0.15) is 17.5 Å². The fourth-order valence-corrected chi connectivity index (χ4v) is 3.58. The topological polar surface area (TPSA) is 57.6 Å². The highest BCUT2D eigenvalue weighted by molar-refractivity contribution is 8.00. The molecule has 0 unspecified atom stereocenters. The number of carbonyl (C=O) groups is 2. The van der Waals surface area contributed by atoms with Gasteiger partial charge in [-0.1, -0.05) is 6.07 Å². The lowest BCUT2D eigenvalue weighted by Gasteiger charge is -2.36. The second-order valence-corrected chi connectivity index (χ2v) is 6.46. The number of carboxylic acids is 1. The number of aryl methyl sites for hydroxylation is 2. The van der Waals surface area contributed by atoms with Crippen LogP contribution in [0.5, 0.6) is 0 Å². The summed E-state index contributed by atoms with van der Waals surface area (Å²) in [6, 6.07) is 6.44. The summed E-state index contributed by atoms with van der Waals surface area (Å²) in [5.41, 5.74) is 2.85. The molecule has 1 aliphatic carbocycles. The number of rotatable bonds is 4. The minimum Gasteiger partial charge on any atom is -0.481 e. The zero-order valence-corrected chi connectivity index (χ0v) is 12.0. The van der Waals surface area contributed by atoms with Crippen LogP contribution in [-0.2, 0) is 22.4 Å². The predicted molar refractivity (Wildman–Crippen MR) is 76.9 cm³/mol. The Hall–Kier alpha value is -1.49. The number of amides is 1. The van der Waals surface area contributed by atoms with E-state index in [0.29, 0.717) is 18.8 Å². The van der Waals surface area contributed by atoms with Crippen LogP contribution in [0.15, 0.2) is 23.1 Å². The average molecular weight is 291 g/mol. The van der Waals surface area contributed by atoms with Crippen molar-refractivity contribution in [3.8, 4) is 0 Å². The van der Waals surface area contributed by atoms with Gasteiger partial charge in [-0.25, -0.2) is 0 Å². The van der Waals surface area contributed by atoms with Crippen molar-refractivity contribution < 1.29 is 14.7 Å². The maximum absolute atomic E-state index is 11.9. The van der Waals surface area contributed by atoms with Crippen LogP contribution in [0.2, 0.25) is 0 Å². The molecule has 20 heavy (non-hydrogen) atoms. The zero-order valence-electron chi connectivity index (χ0n) is 11.2. The Labute approximate surface area is 122 Å². The average Bonchev–Trinajstić information content (AvgIpc) is 2.81. The van der Waals surface area contributed by atoms with E-state index in [1.54, 1.807) is 16.7 Å². The van der Waals surface area contributed by atoms with Gasteiger partial charge in [0, 0.05) is 18.0 Å². The minimum absolute atomic E-state index is 0.0352. The largest absolute Gasteiger partial charge is 0.481 e. The van der Waals surface area contributed by atoms with Crippen LogP contribution in [0.3, 0.4) is 0 Å². The normalized spacial score (nSPS) is 17.7. The minimum atomic E-state index is -0.805. The molecule has 106 valence electrons. The molecule has 3 rings (SSSR count). The van der Waals surface area contributed by atoms with E-state index in [1.165, 1.54) is 24.0 Å². The number of carbonyl (C=O) groups excluding carboxylic acids is 1. The molecule has 0 atom stereocenters. The Morgan fingerprint density at radius 2 is 2.00 bits per heavy atom. The highest BCUT2D eigenvalue weighted by Crippen LogP contribution is 2.28. The molecule has 0 bridgehead atoms. The van der Waals surface area contributed by atoms with Crippen LogP contribution in [0.4, 0.5) is 0 Å². The molecule has 2 aliphatic rings. The van der Waals surface area contributed by atoms with Gasteiger partial charge in [0.2, 0.25) is 5.91 Å². The van der Waals surface area contributed by atoms with Gasteiger partial charge < -0.3 is 10.0 Å². The smallest absolute Gasteiger partial charge is 0.310 e. The highest BCUT2D eigenvalue weighted by atomic mass is 32.2. The van der Waals surface area contributed by atoms with Gasteiger partial charge in [0.1, 0.15) is 0 Å². The molecule has 1 amide bonds. The van der Waals surface area contributed by atoms with Gasteiger partial charge in [0.15, 0.2) is 0 Å². The fraction of sp³-hybridized carbons (Fsp3) is 0.467. The molecule has 1 aliphatic heterocycles. The second-order valence-electron chi connectivity index (χ2n) is 5.41. The third-order valence-corrected chi connectivity index (χ3v) is 4.99. The molecular weight excluding hydrogens is 274 g/mol. The van der Waals surface area contributed by atoms with Gasteiger partial charge >= 0.3 is 5.97 Å². The van der Waals surface area contributed by atoms with Crippen molar-refractivity contribution in [3.05, 3.63) is 29.3 Å². The molecule has 0 radical (unpaired) electrons. The number of fused-ring (bicyclic) bond motifs is 1. The summed E-state index contributed by atoms with van der Waals surface area (Å²) in [4.78, 5) is 25.4. The number of benzene rings is 1. The lowest BCUT2D eigenvalue weighted by molar-refractivity contribution is -0.151. The monoisotopic (exact) mass is 291 g/mol. The SMILES string of the molecule is O=C(O)C1CN(C(=O)CSc2ccc3c(c2)CCC3)C1. The summed E-state index contributed by atoms with van der Waals surface area (Å²) in [5.74, 6) is -0.747. The second kappa shape index (κ2) is 5.48. The number of aliphatic carboxylic acids is 1. The van der Waals surface area contributed by atoms with Crippen molar-refractivity contribution >= 4 is 23.6 Å². The molecule has 1 aromatic carbocycles. The molecule has 1 heterocycles. The van der Waals surface area contributed by atoms with E-state index in [9.17, 15) is 9.59 Å². The molecular formula is C15H17NO3S. The van der Waals surface area contributed by atoms with E-state index in [0.717, 1.165) is 11.3 Å². The molecule has 1 fully saturated rings. The van der Waals surface area contributed by atoms with Crippen LogP contribution >= 0.6 is 11.8 Å². The third-order valence-electron chi connectivity index (χ3n) is 4.02. The Bertz CT molecular complexity index is 552. The quantitative estimate of drug-likeness (QED) is 0.860. The van der Waals surface area contributed by atoms with Crippen LogP contribution in [0.25, 0.3) is 0 Å². The van der Waals surface area contributed by atoms with E-state index < -0.39 is 5.97 Å².